The van der Waals surface area contributed by atoms with E-state index in [9.17, 15) is 19.1 Å². The third kappa shape index (κ3) is 3.00. The van der Waals surface area contributed by atoms with Crippen LogP contribution in [-0.2, 0) is 17.8 Å². The number of ether oxygens (including phenoxy) is 1. The fraction of sp³-hybridized carbons (Fsp3) is 0.312. The van der Waals surface area contributed by atoms with Crippen LogP contribution in [0.25, 0.3) is 0 Å². The molecule has 1 aliphatic heterocycles. The molecule has 0 saturated heterocycles. The molecule has 2 N–H and O–H groups in total. The van der Waals surface area contributed by atoms with Gasteiger partial charge >= 0.3 is 0 Å². The summed E-state index contributed by atoms with van der Waals surface area (Å²) in [6, 6.07) is 5.62. The molecule has 126 valence electrons. The van der Waals surface area contributed by atoms with Gasteiger partial charge in [-0.1, -0.05) is 12.1 Å². The van der Waals surface area contributed by atoms with Crippen molar-refractivity contribution in [3.05, 3.63) is 57.5 Å². The second-order valence-electron chi connectivity index (χ2n) is 5.45. The molecule has 1 amide bonds. The minimum atomic E-state index is -0.690. The molecule has 1 aliphatic rings. The molecule has 0 radical (unpaired) electrons. The molecular formula is C16H16FN3O4. The number of hydrogen-bond acceptors (Lipinski definition) is 5. The average Bonchev–Trinajstić information content (AvgIpc) is 2.58. The van der Waals surface area contributed by atoms with E-state index in [4.69, 9.17) is 4.74 Å². The highest BCUT2D eigenvalue weighted by atomic mass is 19.1. The van der Waals surface area contributed by atoms with Gasteiger partial charge in [-0.05, 0) is 24.6 Å². The summed E-state index contributed by atoms with van der Waals surface area (Å²) in [6.07, 6.45) is -0.448. The number of amides is 1. The van der Waals surface area contributed by atoms with Crippen LogP contribution in [0, 0.1) is 5.82 Å². The number of benzene rings is 1. The number of aromatic nitrogens is 2. The lowest BCUT2D eigenvalue weighted by molar-refractivity contribution is 0.0256. The van der Waals surface area contributed by atoms with Gasteiger partial charge in [0.2, 0.25) is 5.75 Å². The van der Waals surface area contributed by atoms with E-state index in [1.807, 2.05) is 0 Å². The van der Waals surface area contributed by atoms with E-state index >= 15 is 0 Å². The zero-order valence-corrected chi connectivity index (χ0v) is 13.0. The second kappa shape index (κ2) is 6.40. The maximum absolute atomic E-state index is 12.9. The Kier molecular flexibility index (Phi) is 4.30. The molecule has 3 rings (SSSR count). The number of nitrogens with one attached hydrogen (secondary N) is 1. The number of carbonyl (C=O) groups is 1. The van der Waals surface area contributed by atoms with E-state index in [-0.39, 0.29) is 24.6 Å². The highest BCUT2D eigenvalue weighted by Crippen LogP contribution is 2.21. The standard InChI is InChI=1S/C16H16FN3O4/c1-9-14-19-12(13(21)16(23)20(14)6-7-24-9)15(22)18-8-10-2-4-11(17)5-3-10/h2-5,9,21H,6-8H2,1H3,(H,18,22). The van der Waals surface area contributed by atoms with Gasteiger partial charge in [0.05, 0.1) is 13.2 Å². The third-order valence-corrected chi connectivity index (χ3v) is 3.80. The second-order valence-corrected chi connectivity index (χ2v) is 5.45. The van der Waals surface area contributed by atoms with E-state index in [2.05, 4.69) is 10.3 Å². The van der Waals surface area contributed by atoms with Crippen LogP contribution >= 0.6 is 0 Å². The van der Waals surface area contributed by atoms with Crippen molar-refractivity contribution in [2.45, 2.75) is 26.1 Å². The molecule has 2 aromatic rings. The fourth-order valence-corrected chi connectivity index (χ4v) is 2.51. The van der Waals surface area contributed by atoms with Crippen molar-refractivity contribution in [1.29, 1.82) is 0 Å². The maximum Gasteiger partial charge on any atom is 0.296 e. The van der Waals surface area contributed by atoms with Crippen molar-refractivity contribution in [3.63, 3.8) is 0 Å². The Morgan fingerprint density at radius 3 is 2.88 bits per heavy atom. The fourth-order valence-electron chi connectivity index (χ4n) is 2.51. The summed E-state index contributed by atoms with van der Waals surface area (Å²) in [4.78, 5) is 28.5. The number of hydrogen-bond donors (Lipinski definition) is 2. The summed E-state index contributed by atoms with van der Waals surface area (Å²) in [5.41, 5.74) is -0.330. The van der Waals surface area contributed by atoms with Crippen molar-refractivity contribution in [2.75, 3.05) is 6.61 Å². The van der Waals surface area contributed by atoms with Crippen LogP contribution < -0.4 is 10.9 Å². The topological polar surface area (TPSA) is 93.5 Å². The first kappa shape index (κ1) is 16.1. The highest BCUT2D eigenvalue weighted by Gasteiger charge is 2.26. The number of aromatic hydroxyl groups is 1. The quantitative estimate of drug-likeness (QED) is 0.878. The number of carbonyl (C=O) groups excluding carboxylic acids is 1. The Balaban J connectivity index is 1.84. The van der Waals surface area contributed by atoms with Crippen LogP contribution in [0.2, 0.25) is 0 Å². The van der Waals surface area contributed by atoms with Gasteiger partial charge in [-0.3, -0.25) is 14.2 Å². The first-order valence-corrected chi connectivity index (χ1v) is 7.45. The molecule has 1 aromatic heterocycles. The van der Waals surface area contributed by atoms with Gasteiger partial charge in [-0.25, -0.2) is 9.37 Å². The molecule has 0 bridgehead atoms. The number of nitrogens with zero attached hydrogens (tertiary/aromatic N) is 2. The monoisotopic (exact) mass is 333 g/mol. The Bertz CT molecular complexity index is 832. The first-order chi connectivity index (χ1) is 11.5. The Morgan fingerprint density at radius 2 is 2.17 bits per heavy atom. The van der Waals surface area contributed by atoms with Gasteiger partial charge in [-0.15, -0.1) is 0 Å². The van der Waals surface area contributed by atoms with Gasteiger partial charge in [0.1, 0.15) is 17.7 Å². The Hall–Kier alpha value is -2.74. The van der Waals surface area contributed by atoms with E-state index in [0.29, 0.717) is 18.0 Å². The van der Waals surface area contributed by atoms with Gasteiger partial charge < -0.3 is 15.2 Å². The van der Waals surface area contributed by atoms with Crippen LogP contribution in [0.15, 0.2) is 29.1 Å². The largest absolute Gasteiger partial charge is 0.501 e. The number of fused-ring (bicyclic) bond motifs is 1. The third-order valence-electron chi connectivity index (χ3n) is 3.80. The number of halogens is 1. The first-order valence-electron chi connectivity index (χ1n) is 7.45. The molecule has 0 fully saturated rings. The van der Waals surface area contributed by atoms with Crippen LogP contribution in [-0.4, -0.2) is 27.2 Å². The predicted molar refractivity (Wildman–Crippen MR) is 82.1 cm³/mol. The van der Waals surface area contributed by atoms with Gasteiger partial charge in [0.15, 0.2) is 5.69 Å². The average molecular weight is 333 g/mol. The van der Waals surface area contributed by atoms with Gasteiger partial charge in [-0.2, -0.15) is 0 Å². The molecule has 0 spiro atoms. The summed E-state index contributed by atoms with van der Waals surface area (Å²) >= 11 is 0. The molecule has 8 heteroatoms. The van der Waals surface area contributed by atoms with Crippen LogP contribution in [0.3, 0.4) is 0 Å². The summed E-state index contributed by atoms with van der Waals surface area (Å²) in [5.74, 6) is -1.45. The smallest absolute Gasteiger partial charge is 0.296 e. The Morgan fingerprint density at radius 1 is 1.46 bits per heavy atom. The molecule has 0 aliphatic carbocycles. The van der Waals surface area contributed by atoms with Gasteiger partial charge in [0.25, 0.3) is 11.5 Å². The van der Waals surface area contributed by atoms with E-state index in [1.54, 1.807) is 6.92 Å². The summed E-state index contributed by atoms with van der Waals surface area (Å²) in [6.45, 7) is 2.45. The highest BCUT2D eigenvalue weighted by molar-refractivity contribution is 5.94. The summed E-state index contributed by atoms with van der Waals surface area (Å²) in [5, 5.41) is 12.5. The predicted octanol–water partition coefficient (Wildman–Crippen LogP) is 1.11. The maximum atomic E-state index is 12.9. The molecule has 7 nitrogen and oxygen atoms in total. The lowest BCUT2D eigenvalue weighted by Crippen LogP contribution is -2.35. The van der Waals surface area contributed by atoms with Crippen molar-refractivity contribution >= 4 is 5.91 Å². The summed E-state index contributed by atoms with van der Waals surface area (Å²) in [7, 11) is 0. The van der Waals surface area contributed by atoms with Crippen LogP contribution in [0.4, 0.5) is 4.39 Å². The molecule has 24 heavy (non-hydrogen) atoms. The zero-order valence-electron chi connectivity index (χ0n) is 13.0. The minimum Gasteiger partial charge on any atom is -0.501 e. The van der Waals surface area contributed by atoms with E-state index < -0.39 is 23.3 Å². The lowest BCUT2D eigenvalue weighted by Gasteiger charge is -2.24. The van der Waals surface area contributed by atoms with E-state index in [1.165, 1.54) is 28.8 Å². The van der Waals surface area contributed by atoms with Gasteiger partial charge in [0, 0.05) is 6.54 Å². The summed E-state index contributed by atoms with van der Waals surface area (Å²) < 4.78 is 19.6. The molecule has 1 atom stereocenters. The molecular weight excluding hydrogens is 317 g/mol. The van der Waals surface area contributed by atoms with Crippen molar-refractivity contribution in [3.8, 4) is 5.75 Å². The van der Waals surface area contributed by atoms with Crippen molar-refractivity contribution < 1.29 is 19.0 Å². The van der Waals surface area contributed by atoms with Crippen molar-refractivity contribution in [1.82, 2.24) is 14.9 Å². The zero-order chi connectivity index (χ0) is 17.3. The van der Waals surface area contributed by atoms with Crippen LogP contribution in [0.1, 0.15) is 34.9 Å². The normalized spacial score (nSPS) is 16.5. The molecule has 2 heterocycles. The lowest BCUT2D eigenvalue weighted by atomic mass is 10.2. The van der Waals surface area contributed by atoms with Crippen LogP contribution in [0.5, 0.6) is 5.75 Å². The molecule has 0 saturated carbocycles. The van der Waals surface area contributed by atoms with Crippen molar-refractivity contribution in [2.24, 2.45) is 0 Å². The SMILES string of the molecule is CC1OCCn2c1nc(C(=O)NCc1ccc(F)cc1)c(O)c2=O. The Labute approximate surface area is 136 Å². The molecule has 1 unspecified atom stereocenters. The minimum absolute atomic E-state index is 0.116. The van der Waals surface area contributed by atoms with E-state index in [0.717, 1.165) is 0 Å². The number of rotatable bonds is 3. The molecule has 1 aromatic carbocycles.